The van der Waals surface area contributed by atoms with Gasteiger partial charge in [-0.3, -0.25) is 0 Å². The summed E-state index contributed by atoms with van der Waals surface area (Å²) in [6.45, 7) is 6.34. The van der Waals surface area contributed by atoms with Crippen molar-refractivity contribution in [3.05, 3.63) is 59.7 Å². The van der Waals surface area contributed by atoms with Gasteiger partial charge in [0.2, 0.25) is 0 Å². The Labute approximate surface area is 123 Å². The van der Waals surface area contributed by atoms with Crippen LogP contribution in [0.4, 0.5) is 14.5 Å². The van der Waals surface area contributed by atoms with Crippen molar-refractivity contribution in [2.24, 2.45) is 0 Å². The maximum atomic E-state index is 13.2. The SMILES string of the molecule is CC(C)(C)Oc1ccccc1CNc1cc(F)cc(F)c1. The Kier molecular flexibility index (Phi) is 4.46. The maximum absolute atomic E-state index is 13.2. The molecule has 0 aliphatic rings. The van der Waals surface area contributed by atoms with Crippen molar-refractivity contribution in [1.29, 1.82) is 0 Å². The molecule has 0 radical (unpaired) electrons. The zero-order chi connectivity index (χ0) is 15.5. The maximum Gasteiger partial charge on any atom is 0.128 e. The van der Waals surface area contributed by atoms with E-state index < -0.39 is 11.6 Å². The molecule has 0 atom stereocenters. The Hall–Kier alpha value is -2.10. The van der Waals surface area contributed by atoms with Gasteiger partial charge in [-0.15, -0.1) is 0 Å². The summed E-state index contributed by atoms with van der Waals surface area (Å²) in [5.41, 5.74) is 1.02. The van der Waals surface area contributed by atoms with E-state index in [1.54, 1.807) is 0 Å². The van der Waals surface area contributed by atoms with Gasteiger partial charge in [0.15, 0.2) is 0 Å². The molecule has 0 bridgehead atoms. The van der Waals surface area contributed by atoms with Crippen molar-refractivity contribution in [3.8, 4) is 5.75 Å². The van der Waals surface area contributed by atoms with E-state index in [1.807, 2.05) is 45.0 Å². The van der Waals surface area contributed by atoms with Crippen LogP contribution in [0.2, 0.25) is 0 Å². The second-order valence-electron chi connectivity index (χ2n) is 5.83. The zero-order valence-electron chi connectivity index (χ0n) is 12.4. The molecule has 2 rings (SSSR count). The minimum atomic E-state index is -0.600. The molecule has 0 saturated heterocycles. The van der Waals surface area contributed by atoms with Gasteiger partial charge in [-0.1, -0.05) is 18.2 Å². The van der Waals surface area contributed by atoms with Crippen molar-refractivity contribution in [3.63, 3.8) is 0 Å². The summed E-state index contributed by atoms with van der Waals surface area (Å²) in [5, 5.41) is 3.01. The van der Waals surface area contributed by atoms with Crippen LogP contribution in [0.25, 0.3) is 0 Å². The smallest absolute Gasteiger partial charge is 0.128 e. The lowest BCUT2D eigenvalue weighted by Crippen LogP contribution is -2.23. The largest absolute Gasteiger partial charge is 0.488 e. The molecule has 0 heterocycles. The highest BCUT2D eigenvalue weighted by Crippen LogP contribution is 2.24. The third-order valence-electron chi connectivity index (χ3n) is 2.73. The first kappa shape index (κ1) is 15.3. The van der Waals surface area contributed by atoms with Crippen LogP contribution in [-0.2, 0) is 6.54 Å². The van der Waals surface area contributed by atoms with Gasteiger partial charge in [-0.25, -0.2) is 8.78 Å². The third-order valence-corrected chi connectivity index (χ3v) is 2.73. The van der Waals surface area contributed by atoms with Gasteiger partial charge >= 0.3 is 0 Å². The van der Waals surface area contributed by atoms with E-state index in [1.165, 1.54) is 12.1 Å². The van der Waals surface area contributed by atoms with Crippen molar-refractivity contribution < 1.29 is 13.5 Å². The van der Waals surface area contributed by atoms with Crippen LogP contribution >= 0.6 is 0 Å². The molecule has 4 heteroatoms. The summed E-state index contributed by atoms with van der Waals surface area (Å²) in [6, 6.07) is 11.0. The molecule has 2 aromatic rings. The van der Waals surface area contributed by atoms with Crippen LogP contribution in [0.3, 0.4) is 0 Å². The number of hydrogen-bond donors (Lipinski definition) is 1. The Morgan fingerprint density at radius 3 is 2.24 bits per heavy atom. The molecular formula is C17H19F2NO. The van der Waals surface area contributed by atoms with Gasteiger partial charge in [0, 0.05) is 23.9 Å². The van der Waals surface area contributed by atoms with Gasteiger partial charge in [-0.05, 0) is 39.0 Å². The van der Waals surface area contributed by atoms with Gasteiger partial charge in [-0.2, -0.15) is 0 Å². The van der Waals surface area contributed by atoms with E-state index in [0.29, 0.717) is 12.2 Å². The molecule has 2 aromatic carbocycles. The summed E-state index contributed by atoms with van der Waals surface area (Å²) in [4.78, 5) is 0. The van der Waals surface area contributed by atoms with Crippen LogP contribution in [0, 0.1) is 11.6 Å². The number of benzene rings is 2. The summed E-state index contributed by atoms with van der Waals surface area (Å²) in [7, 11) is 0. The first-order valence-corrected chi connectivity index (χ1v) is 6.80. The van der Waals surface area contributed by atoms with Crippen LogP contribution < -0.4 is 10.1 Å². The molecule has 112 valence electrons. The number of halogens is 2. The summed E-state index contributed by atoms with van der Waals surface area (Å²) >= 11 is 0. The molecular weight excluding hydrogens is 272 g/mol. The lowest BCUT2D eigenvalue weighted by atomic mass is 10.1. The predicted molar refractivity (Wildman–Crippen MR) is 80.5 cm³/mol. The highest BCUT2D eigenvalue weighted by Gasteiger charge is 2.14. The average molecular weight is 291 g/mol. The highest BCUT2D eigenvalue weighted by atomic mass is 19.1. The molecule has 2 nitrogen and oxygen atoms in total. The quantitative estimate of drug-likeness (QED) is 0.877. The second kappa shape index (κ2) is 6.12. The zero-order valence-corrected chi connectivity index (χ0v) is 12.4. The summed E-state index contributed by atoms with van der Waals surface area (Å²) in [5.74, 6) is -0.442. The molecule has 0 fully saturated rings. The number of nitrogens with one attached hydrogen (secondary N) is 1. The van der Waals surface area contributed by atoms with Crippen molar-refractivity contribution in [1.82, 2.24) is 0 Å². The minimum absolute atomic E-state index is 0.304. The lowest BCUT2D eigenvalue weighted by Gasteiger charge is -2.23. The van der Waals surface area contributed by atoms with Crippen LogP contribution in [0.5, 0.6) is 5.75 Å². The number of hydrogen-bond acceptors (Lipinski definition) is 2. The second-order valence-corrected chi connectivity index (χ2v) is 5.83. The van der Waals surface area contributed by atoms with Gasteiger partial charge in [0.25, 0.3) is 0 Å². The molecule has 0 aliphatic carbocycles. The monoisotopic (exact) mass is 291 g/mol. The van der Waals surface area contributed by atoms with Crippen LogP contribution in [-0.4, -0.2) is 5.60 Å². The van der Waals surface area contributed by atoms with E-state index in [0.717, 1.165) is 17.4 Å². The number of ether oxygens (including phenoxy) is 1. The Morgan fingerprint density at radius 2 is 1.62 bits per heavy atom. The standard InChI is InChI=1S/C17H19F2NO/c1-17(2,3)21-16-7-5-4-6-12(16)11-20-15-9-13(18)8-14(19)10-15/h4-10,20H,11H2,1-3H3. The van der Waals surface area contributed by atoms with E-state index in [2.05, 4.69) is 5.32 Å². The molecule has 0 unspecified atom stereocenters. The fraction of sp³-hybridized carbons (Fsp3) is 0.294. The van der Waals surface area contributed by atoms with Crippen molar-refractivity contribution in [2.45, 2.75) is 32.9 Å². The number of rotatable bonds is 4. The lowest BCUT2D eigenvalue weighted by molar-refractivity contribution is 0.129. The van der Waals surface area contributed by atoms with Gasteiger partial charge in [0.05, 0.1) is 0 Å². The molecule has 0 saturated carbocycles. The Morgan fingerprint density at radius 1 is 1.00 bits per heavy atom. The first-order valence-electron chi connectivity index (χ1n) is 6.80. The fourth-order valence-corrected chi connectivity index (χ4v) is 1.93. The molecule has 21 heavy (non-hydrogen) atoms. The van der Waals surface area contributed by atoms with Gasteiger partial charge in [0.1, 0.15) is 23.0 Å². The number of anilines is 1. The van der Waals surface area contributed by atoms with Crippen molar-refractivity contribution in [2.75, 3.05) is 5.32 Å². The fourth-order valence-electron chi connectivity index (χ4n) is 1.93. The van der Waals surface area contributed by atoms with Gasteiger partial charge < -0.3 is 10.1 Å². The Balaban J connectivity index is 2.13. The minimum Gasteiger partial charge on any atom is -0.488 e. The van der Waals surface area contributed by atoms with E-state index in [4.69, 9.17) is 4.74 Å². The molecule has 0 amide bonds. The predicted octanol–water partition coefficient (Wildman–Crippen LogP) is 4.75. The topological polar surface area (TPSA) is 21.3 Å². The third kappa shape index (κ3) is 4.74. The van der Waals surface area contributed by atoms with Crippen molar-refractivity contribution >= 4 is 5.69 Å². The number of para-hydroxylation sites is 1. The van der Waals surface area contributed by atoms with Crippen LogP contribution in [0.15, 0.2) is 42.5 Å². The highest BCUT2D eigenvalue weighted by molar-refractivity contribution is 5.46. The molecule has 0 spiro atoms. The van der Waals surface area contributed by atoms with E-state index in [9.17, 15) is 8.78 Å². The Bertz CT molecular complexity index is 600. The molecule has 0 aliphatic heterocycles. The molecule has 0 aromatic heterocycles. The summed E-state index contributed by atoms with van der Waals surface area (Å²) in [6.07, 6.45) is 0. The first-order chi connectivity index (χ1) is 9.83. The average Bonchev–Trinajstić information content (AvgIpc) is 2.35. The van der Waals surface area contributed by atoms with E-state index >= 15 is 0 Å². The van der Waals surface area contributed by atoms with Crippen LogP contribution in [0.1, 0.15) is 26.3 Å². The summed E-state index contributed by atoms with van der Waals surface area (Å²) < 4.78 is 32.2. The van der Waals surface area contributed by atoms with E-state index in [-0.39, 0.29) is 5.60 Å². The normalized spacial score (nSPS) is 11.3. The molecule has 1 N–H and O–H groups in total.